The van der Waals surface area contributed by atoms with Crippen LogP contribution >= 0.6 is 0 Å². The van der Waals surface area contributed by atoms with E-state index in [9.17, 15) is 17.6 Å². The highest BCUT2D eigenvalue weighted by molar-refractivity contribution is 7.89. The van der Waals surface area contributed by atoms with E-state index < -0.39 is 21.7 Å². The van der Waals surface area contributed by atoms with Crippen LogP contribution < -0.4 is 5.14 Å². The molecule has 1 amide bonds. The van der Waals surface area contributed by atoms with Crippen molar-refractivity contribution in [2.45, 2.75) is 18.7 Å². The summed E-state index contributed by atoms with van der Waals surface area (Å²) >= 11 is 0. The molecule has 100 valence electrons. The summed E-state index contributed by atoms with van der Waals surface area (Å²) in [6, 6.07) is 1.98. The second-order valence-corrected chi connectivity index (χ2v) is 5.49. The van der Waals surface area contributed by atoms with Crippen molar-refractivity contribution in [3.8, 4) is 0 Å². The SMILES string of the molecule is CCN(C)C(=O)c1cc(S(N)(=O)=O)c(C)cc1F. The monoisotopic (exact) mass is 274 g/mol. The fourth-order valence-electron chi connectivity index (χ4n) is 1.47. The Balaban J connectivity index is 3.44. The number of rotatable bonds is 3. The third-order valence-electron chi connectivity index (χ3n) is 2.62. The third-order valence-corrected chi connectivity index (χ3v) is 3.68. The molecular formula is C11H15FN2O3S. The van der Waals surface area contributed by atoms with Gasteiger partial charge in [-0.1, -0.05) is 0 Å². The Morgan fingerprint density at radius 2 is 2.00 bits per heavy atom. The molecule has 0 aliphatic heterocycles. The Labute approximate surface area is 105 Å². The summed E-state index contributed by atoms with van der Waals surface area (Å²) in [6.45, 7) is 3.53. The molecule has 7 heteroatoms. The number of nitrogens with zero attached hydrogens (tertiary/aromatic N) is 1. The highest BCUT2D eigenvalue weighted by Gasteiger charge is 2.21. The molecule has 0 saturated carbocycles. The molecule has 0 aliphatic rings. The van der Waals surface area contributed by atoms with Gasteiger partial charge in [0.25, 0.3) is 5.91 Å². The van der Waals surface area contributed by atoms with Crippen molar-refractivity contribution < 1.29 is 17.6 Å². The van der Waals surface area contributed by atoms with Crippen LogP contribution in [0.3, 0.4) is 0 Å². The lowest BCUT2D eigenvalue weighted by Crippen LogP contribution is -2.27. The molecule has 0 fully saturated rings. The van der Waals surface area contributed by atoms with E-state index in [1.807, 2.05) is 0 Å². The number of halogens is 1. The number of benzene rings is 1. The van der Waals surface area contributed by atoms with Crippen LogP contribution in [-0.2, 0) is 10.0 Å². The quantitative estimate of drug-likeness (QED) is 0.888. The molecule has 0 heterocycles. The highest BCUT2D eigenvalue weighted by atomic mass is 32.2. The average Bonchev–Trinajstić information content (AvgIpc) is 2.25. The maximum absolute atomic E-state index is 13.7. The lowest BCUT2D eigenvalue weighted by molar-refractivity contribution is 0.0797. The summed E-state index contributed by atoms with van der Waals surface area (Å²) in [7, 11) is -2.48. The van der Waals surface area contributed by atoms with Crippen molar-refractivity contribution in [3.63, 3.8) is 0 Å². The molecule has 18 heavy (non-hydrogen) atoms. The van der Waals surface area contributed by atoms with Gasteiger partial charge in [-0.05, 0) is 31.5 Å². The molecule has 0 spiro atoms. The topological polar surface area (TPSA) is 80.5 Å². The zero-order chi connectivity index (χ0) is 14.1. The second-order valence-electron chi connectivity index (χ2n) is 3.96. The van der Waals surface area contributed by atoms with Gasteiger partial charge in [0, 0.05) is 13.6 Å². The molecule has 0 bridgehead atoms. The Morgan fingerprint density at radius 1 is 1.44 bits per heavy atom. The minimum absolute atomic E-state index is 0.172. The molecule has 1 aromatic carbocycles. The normalized spacial score (nSPS) is 11.4. The zero-order valence-corrected chi connectivity index (χ0v) is 11.2. The van der Waals surface area contributed by atoms with Crippen molar-refractivity contribution in [2.24, 2.45) is 5.14 Å². The van der Waals surface area contributed by atoms with Crippen molar-refractivity contribution >= 4 is 15.9 Å². The fourth-order valence-corrected chi connectivity index (χ4v) is 2.26. The third kappa shape index (κ3) is 2.85. The van der Waals surface area contributed by atoms with Crippen LogP contribution in [0.25, 0.3) is 0 Å². The van der Waals surface area contributed by atoms with E-state index in [1.165, 1.54) is 18.9 Å². The summed E-state index contributed by atoms with van der Waals surface area (Å²) in [5.41, 5.74) is -0.125. The Kier molecular flexibility index (Phi) is 4.08. The number of primary sulfonamides is 1. The maximum atomic E-state index is 13.7. The van der Waals surface area contributed by atoms with E-state index in [0.717, 1.165) is 12.1 Å². The number of nitrogens with two attached hydrogens (primary N) is 1. The molecule has 0 saturated heterocycles. The number of carbonyl (C=O) groups is 1. The first kappa shape index (κ1) is 14.6. The summed E-state index contributed by atoms with van der Waals surface area (Å²) in [6.07, 6.45) is 0. The Morgan fingerprint density at radius 3 is 2.44 bits per heavy atom. The molecule has 0 unspecified atom stereocenters. The van der Waals surface area contributed by atoms with Crippen molar-refractivity contribution in [3.05, 3.63) is 29.1 Å². The predicted molar refractivity (Wildman–Crippen MR) is 65.1 cm³/mol. The zero-order valence-electron chi connectivity index (χ0n) is 10.4. The summed E-state index contributed by atoms with van der Waals surface area (Å²) < 4.78 is 36.3. The van der Waals surface area contributed by atoms with Gasteiger partial charge in [0.15, 0.2) is 0 Å². The highest BCUT2D eigenvalue weighted by Crippen LogP contribution is 2.20. The van der Waals surface area contributed by atoms with E-state index in [-0.39, 0.29) is 16.0 Å². The molecule has 0 aliphatic carbocycles. The van der Waals surface area contributed by atoms with Crippen LogP contribution in [-0.4, -0.2) is 32.8 Å². The van der Waals surface area contributed by atoms with Crippen LogP contribution in [0.1, 0.15) is 22.8 Å². The maximum Gasteiger partial charge on any atom is 0.256 e. The van der Waals surface area contributed by atoms with Gasteiger partial charge in [-0.25, -0.2) is 17.9 Å². The molecule has 0 aromatic heterocycles. The smallest absolute Gasteiger partial charge is 0.256 e. The number of hydrogen-bond acceptors (Lipinski definition) is 3. The first-order valence-corrected chi connectivity index (χ1v) is 6.81. The van der Waals surface area contributed by atoms with Gasteiger partial charge in [-0.2, -0.15) is 0 Å². The summed E-state index contributed by atoms with van der Waals surface area (Å²) in [4.78, 5) is 12.9. The van der Waals surface area contributed by atoms with E-state index in [1.54, 1.807) is 6.92 Å². The van der Waals surface area contributed by atoms with Gasteiger partial charge < -0.3 is 4.90 Å². The van der Waals surface area contributed by atoms with E-state index in [2.05, 4.69) is 0 Å². The molecule has 1 aromatic rings. The molecule has 2 N–H and O–H groups in total. The van der Waals surface area contributed by atoms with Gasteiger partial charge >= 0.3 is 0 Å². The summed E-state index contributed by atoms with van der Waals surface area (Å²) in [5, 5.41) is 5.01. The van der Waals surface area contributed by atoms with Gasteiger partial charge in [0.2, 0.25) is 10.0 Å². The minimum Gasteiger partial charge on any atom is -0.342 e. The second kappa shape index (κ2) is 5.03. The van der Waals surface area contributed by atoms with Gasteiger partial charge in [0.1, 0.15) is 5.82 Å². The minimum atomic E-state index is -3.98. The van der Waals surface area contributed by atoms with E-state index in [0.29, 0.717) is 6.54 Å². The number of hydrogen-bond donors (Lipinski definition) is 1. The van der Waals surface area contributed by atoms with Crippen LogP contribution in [0.2, 0.25) is 0 Å². The lowest BCUT2D eigenvalue weighted by atomic mass is 10.1. The van der Waals surface area contributed by atoms with Crippen LogP contribution in [0.15, 0.2) is 17.0 Å². The van der Waals surface area contributed by atoms with Crippen molar-refractivity contribution in [2.75, 3.05) is 13.6 Å². The first-order valence-electron chi connectivity index (χ1n) is 5.27. The number of sulfonamides is 1. The predicted octanol–water partition coefficient (Wildman–Crippen LogP) is 0.873. The standard InChI is InChI=1S/C11H15FN2O3S/c1-4-14(3)11(15)8-6-10(18(13,16)17)7(2)5-9(8)12/h5-6H,4H2,1-3H3,(H2,13,16,17). The van der Waals surface area contributed by atoms with Crippen molar-refractivity contribution in [1.29, 1.82) is 0 Å². The first-order chi connectivity index (χ1) is 8.18. The van der Waals surface area contributed by atoms with E-state index >= 15 is 0 Å². The number of aryl methyl sites for hydroxylation is 1. The van der Waals surface area contributed by atoms with E-state index in [4.69, 9.17) is 5.14 Å². The van der Waals surface area contributed by atoms with Crippen molar-refractivity contribution in [1.82, 2.24) is 4.90 Å². The van der Waals surface area contributed by atoms with Crippen LogP contribution in [0.5, 0.6) is 0 Å². The molecule has 0 atom stereocenters. The van der Waals surface area contributed by atoms with Gasteiger partial charge in [-0.15, -0.1) is 0 Å². The summed E-state index contributed by atoms with van der Waals surface area (Å²) in [5.74, 6) is -1.34. The fraction of sp³-hybridized carbons (Fsp3) is 0.364. The van der Waals surface area contributed by atoms with Gasteiger partial charge in [-0.3, -0.25) is 4.79 Å². The number of amides is 1. The number of carbonyl (C=O) groups excluding carboxylic acids is 1. The molecule has 5 nitrogen and oxygen atoms in total. The Hall–Kier alpha value is -1.47. The lowest BCUT2D eigenvalue weighted by Gasteiger charge is -2.16. The van der Waals surface area contributed by atoms with Crippen LogP contribution in [0.4, 0.5) is 4.39 Å². The molecular weight excluding hydrogens is 259 g/mol. The Bertz CT molecular complexity index is 584. The average molecular weight is 274 g/mol. The molecule has 0 radical (unpaired) electrons. The van der Waals surface area contributed by atoms with Gasteiger partial charge in [0.05, 0.1) is 10.5 Å². The molecule has 1 rings (SSSR count). The van der Waals surface area contributed by atoms with Crippen LogP contribution in [0, 0.1) is 12.7 Å². The largest absolute Gasteiger partial charge is 0.342 e.